The van der Waals surface area contributed by atoms with E-state index in [1.54, 1.807) is 6.20 Å². The van der Waals surface area contributed by atoms with Gasteiger partial charge >= 0.3 is 0 Å². The van der Waals surface area contributed by atoms with Gasteiger partial charge in [-0.1, -0.05) is 0 Å². The fraction of sp³-hybridized carbons (Fsp3) is 0. The van der Waals surface area contributed by atoms with Crippen molar-refractivity contribution in [1.29, 1.82) is 0 Å². The van der Waals surface area contributed by atoms with Gasteiger partial charge in [0.1, 0.15) is 0 Å². The number of H-pyrrole nitrogens is 1. The number of hydrogen-bond donors (Lipinski definition) is 1. The summed E-state index contributed by atoms with van der Waals surface area (Å²) in [4.78, 5) is 13.5. The van der Waals surface area contributed by atoms with Crippen molar-refractivity contribution in [2.75, 3.05) is 0 Å². The summed E-state index contributed by atoms with van der Waals surface area (Å²) in [6, 6.07) is 1.40. The maximum Gasteiger partial charge on any atom is 0.287 e. The molecule has 0 aliphatic heterocycles. The van der Waals surface area contributed by atoms with E-state index in [0.717, 1.165) is 0 Å². The number of aromatic amines is 1. The minimum absolute atomic E-state index is 0.171. The van der Waals surface area contributed by atoms with Gasteiger partial charge < -0.3 is 0 Å². The van der Waals surface area contributed by atoms with Gasteiger partial charge in [-0.15, -0.1) is 14.7 Å². The molecular weight excluding hydrogens is 146 g/mol. The van der Waals surface area contributed by atoms with Crippen molar-refractivity contribution in [3.8, 4) is 0 Å². The molecule has 0 atom stereocenters. The van der Waals surface area contributed by atoms with Crippen LogP contribution in [0.15, 0.2) is 29.5 Å². The fourth-order valence-corrected chi connectivity index (χ4v) is 0.782. The molecule has 2 aromatic rings. The Morgan fingerprint density at radius 2 is 2.45 bits per heavy atom. The number of rotatable bonds is 1. The predicted octanol–water partition coefficient (Wildman–Crippen LogP) is -0.921. The second-order valence-corrected chi connectivity index (χ2v) is 1.94. The van der Waals surface area contributed by atoms with E-state index < -0.39 is 0 Å². The lowest BCUT2D eigenvalue weighted by atomic mass is 10.7. The van der Waals surface area contributed by atoms with Crippen LogP contribution < -0.4 is 5.56 Å². The highest BCUT2D eigenvalue weighted by Gasteiger charge is 1.96. The molecule has 1 N–H and O–H groups in total. The van der Waals surface area contributed by atoms with Crippen molar-refractivity contribution < 1.29 is 0 Å². The van der Waals surface area contributed by atoms with Gasteiger partial charge in [0.2, 0.25) is 0 Å². The zero-order valence-corrected chi connectivity index (χ0v) is 5.51. The van der Waals surface area contributed by atoms with E-state index in [2.05, 4.69) is 15.4 Å². The van der Waals surface area contributed by atoms with E-state index in [9.17, 15) is 4.79 Å². The molecule has 0 saturated heterocycles. The van der Waals surface area contributed by atoms with Crippen molar-refractivity contribution in [3.63, 3.8) is 0 Å². The van der Waals surface area contributed by atoms with Gasteiger partial charge in [0.05, 0.1) is 12.4 Å². The summed E-state index contributed by atoms with van der Waals surface area (Å²) in [6.45, 7) is 0. The third-order valence-corrected chi connectivity index (χ3v) is 1.25. The normalized spacial score (nSPS) is 10.2. The lowest BCUT2D eigenvalue weighted by Crippen LogP contribution is -2.23. The average molecular weight is 151 g/mol. The molecule has 0 amide bonds. The molecule has 0 spiro atoms. The van der Waals surface area contributed by atoms with Crippen LogP contribution in [0.1, 0.15) is 0 Å². The van der Waals surface area contributed by atoms with E-state index in [1.807, 2.05) is 0 Å². The molecule has 0 aromatic carbocycles. The molecular formula is C5H5N5O. The highest BCUT2D eigenvalue weighted by atomic mass is 16.1. The van der Waals surface area contributed by atoms with Crippen molar-refractivity contribution >= 4 is 0 Å². The Bertz CT molecular complexity index is 383. The summed E-state index contributed by atoms with van der Waals surface area (Å²) >= 11 is 0. The van der Waals surface area contributed by atoms with Gasteiger partial charge in [-0.05, 0) is 5.21 Å². The second kappa shape index (κ2) is 2.08. The van der Waals surface area contributed by atoms with E-state index in [0.29, 0.717) is 0 Å². The Balaban J connectivity index is 2.62. The molecule has 0 radical (unpaired) electrons. The van der Waals surface area contributed by atoms with Crippen LogP contribution in [-0.2, 0) is 0 Å². The maximum absolute atomic E-state index is 11.0. The molecule has 0 saturated carbocycles. The minimum Gasteiger partial charge on any atom is -0.282 e. The predicted molar refractivity (Wildman–Crippen MR) is 35.9 cm³/mol. The quantitative estimate of drug-likeness (QED) is 0.573. The minimum atomic E-state index is -0.171. The summed E-state index contributed by atoms with van der Waals surface area (Å²) in [6.07, 6.45) is 4.59. The second-order valence-electron chi connectivity index (χ2n) is 1.94. The molecule has 2 heterocycles. The van der Waals surface area contributed by atoms with Gasteiger partial charge in [-0.2, -0.15) is 0 Å². The topological polar surface area (TPSA) is 68.5 Å². The van der Waals surface area contributed by atoms with Crippen molar-refractivity contribution in [2.45, 2.75) is 0 Å². The summed E-state index contributed by atoms with van der Waals surface area (Å²) in [5, 5.41) is 9.84. The van der Waals surface area contributed by atoms with Crippen LogP contribution in [0.5, 0.6) is 0 Å². The summed E-state index contributed by atoms with van der Waals surface area (Å²) in [7, 11) is 0. The molecule has 0 aliphatic rings. The van der Waals surface area contributed by atoms with Crippen LogP contribution in [0.25, 0.3) is 0 Å². The molecule has 2 rings (SSSR count). The van der Waals surface area contributed by atoms with E-state index >= 15 is 0 Å². The van der Waals surface area contributed by atoms with Gasteiger partial charge in [0, 0.05) is 12.3 Å². The average Bonchev–Trinajstić information content (AvgIpc) is 2.55. The number of aromatic nitrogens is 5. The zero-order valence-electron chi connectivity index (χ0n) is 5.51. The Hall–Kier alpha value is -1.85. The van der Waals surface area contributed by atoms with Gasteiger partial charge in [-0.3, -0.25) is 9.89 Å². The van der Waals surface area contributed by atoms with E-state index in [4.69, 9.17) is 0 Å². The van der Waals surface area contributed by atoms with Crippen LogP contribution in [0.3, 0.4) is 0 Å². The fourth-order valence-electron chi connectivity index (χ4n) is 0.782. The van der Waals surface area contributed by atoms with Gasteiger partial charge in [0.25, 0.3) is 5.56 Å². The Morgan fingerprint density at radius 1 is 1.55 bits per heavy atom. The number of nitrogens with one attached hydrogen (secondary N) is 1. The first-order chi connectivity index (χ1) is 5.38. The summed E-state index contributed by atoms with van der Waals surface area (Å²) < 4.78 is 0. The SMILES string of the molecule is O=c1cc[nH]n1-n1ccnn1. The number of hydrogen-bond acceptors (Lipinski definition) is 3. The standard InChI is InChI=1S/C5H5N5O/c11-5-1-2-7-10(5)9-4-3-6-8-9/h1-4,7H. The van der Waals surface area contributed by atoms with Crippen molar-refractivity contribution in [3.05, 3.63) is 35.0 Å². The Morgan fingerprint density at radius 3 is 3.00 bits per heavy atom. The molecule has 11 heavy (non-hydrogen) atoms. The molecule has 0 fully saturated rings. The van der Waals surface area contributed by atoms with Crippen LogP contribution in [0, 0.1) is 0 Å². The molecule has 2 aromatic heterocycles. The van der Waals surface area contributed by atoms with Gasteiger partial charge in [-0.25, -0.2) is 0 Å². The van der Waals surface area contributed by atoms with E-state index in [1.165, 1.54) is 28.0 Å². The zero-order chi connectivity index (χ0) is 7.68. The third-order valence-electron chi connectivity index (χ3n) is 1.25. The lowest BCUT2D eigenvalue weighted by Gasteiger charge is -1.95. The van der Waals surface area contributed by atoms with Crippen LogP contribution >= 0.6 is 0 Å². The summed E-state index contributed by atoms with van der Waals surface area (Å²) in [5.41, 5.74) is -0.171. The maximum atomic E-state index is 11.0. The van der Waals surface area contributed by atoms with Crippen LogP contribution in [0.2, 0.25) is 0 Å². The lowest BCUT2D eigenvalue weighted by molar-refractivity contribution is 0.476. The van der Waals surface area contributed by atoms with Crippen molar-refractivity contribution in [1.82, 2.24) is 25.0 Å². The van der Waals surface area contributed by atoms with Crippen LogP contribution in [-0.4, -0.2) is 25.0 Å². The first-order valence-electron chi connectivity index (χ1n) is 3.01. The molecule has 6 nitrogen and oxygen atoms in total. The highest BCUT2D eigenvalue weighted by Crippen LogP contribution is 1.77. The Labute approximate surface area is 61.0 Å². The largest absolute Gasteiger partial charge is 0.287 e. The first kappa shape index (κ1) is 5.90. The smallest absolute Gasteiger partial charge is 0.282 e. The third kappa shape index (κ3) is 0.841. The molecule has 56 valence electrons. The first-order valence-corrected chi connectivity index (χ1v) is 3.01. The molecule has 6 heteroatoms. The highest BCUT2D eigenvalue weighted by molar-refractivity contribution is 4.81. The van der Waals surface area contributed by atoms with Gasteiger partial charge in [0.15, 0.2) is 0 Å². The summed E-state index contributed by atoms with van der Waals surface area (Å²) in [5.74, 6) is 0. The van der Waals surface area contributed by atoms with Crippen molar-refractivity contribution in [2.24, 2.45) is 0 Å². The molecule has 0 unspecified atom stereocenters. The van der Waals surface area contributed by atoms with Crippen LogP contribution in [0.4, 0.5) is 0 Å². The number of nitrogens with zero attached hydrogens (tertiary/aromatic N) is 4. The molecule has 0 bridgehead atoms. The monoisotopic (exact) mass is 151 g/mol. The van der Waals surface area contributed by atoms with E-state index in [-0.39, 0.29) is 5.56 Å². The molecule has 0 aliphatic carbocycles. The Kier molecular flexibility index (Phi) is 1.12.